The van der Waals surface area contributed by atoms with Crippen molar-refractivity contribution >= 4 is 11.5 Å². The minimum absolute atomic E-state index is 0.0121. The van der Waals surface area contributed by atoms with Crippen LogP contribution in [0.3, 0.4) is 0 Å². The van der Waals surface area contributed by atoms with E-state index in [2.05, 4.69) is 22.7 Å². The fraction of sp³-hybridized carbons (Fsp3) is 0.444. The molecule has 0 unspecified atom stereocenters. The molecule has 0 bridgehead atoms. The van der Waals surface area contributed by atoms with Crippen molar-refractivity contribution in [2.24, 2.45) is 0 Å². The van der Waals surface area contributed by atoms with Gasteiger partial charge < -0.3 is 9.64 Å². The molecule has 22 heavy (non-hydrogen) atoms. The van der Waals surface area contributed by atoms with Gasteiger partial charge in [0.15, 0.2) is 5.78 Å². The molecule has 2 aliphatic rings. The number of piperidine rings is 1. The normalized spacial score (nSPS) is 20.6. The number of ether oxygens (including phenoxy) is 1. The van der Waals surface area contributed by atoms with Crippen molar-refractivity contribution in [2.45, 2.75) is 31.8 Å². The van der Waals surface area contributed by atoms with Crippen LogP contribution in [0.15, 0.2) is 24.0 Å². The molecule has 1 fully saturated rings. The molecule has 1 aliphatic carbocycles. The summed E-state index contributed by atoms with van der Waals surface area (Å²) in [6.45, 7) is 3.80. The van der Waals surface area contributed by atoms with Gasteiger partial charge in [-0.3, -0.25) is 9.78 Å². The Morgan fingerprint density at radius 3 is 2.77 bits per heavy atom. The molecule has 114 valence electrons. The minimum Gasteiger partial charge on any atom is -0.378 e. The van der Waals surface area contributed by atoms with Gasteiger partial charge in [-0.1, -0.05) is 5.92 Å². The van der Waals surface area contributed by atoms with E-state index in [-0.39, 0.29) is 11.4 Å². The van der Waals surface area contributed by atoms with Gasteiger partial charge in [-0.25, -0.2) is 0 Å². The zero-order chi connectivity index (χ0) is 15.7. The molecule has 1 aliphatic heterocycles. The maximum Gasteiger partial charge on any atom is 0.177 e. The largest absolute Gasteiger partial charge is 0.378 e. The van der Waals surface area contributed by atoms with Crippen LogP contribution in [0.4, 0.5) is 0 Å². The maximum absolute atomic E-state index is 12.3. The Morgan fingerprint density at radius 1 is 1.41 bits per heavy atom. The number of pyridine rings is 1. The van der Waals surface area contributed by atoms with E-state index in [4.69, 9.17) is 11.2 Å². The summed E-state index contributed by atoms with van der Waals surface area (Å²) in [7, 11) is 1.76. The molecule has 0 spiro atoms. The zero-order valence-corrected chi connectivity index (χ0v) is 13.1. The summed E-state index contributed by atoms with van der Waals surface area (Å²) < 4.78 is 5.60. The highest BCUT2D eigenvalue weighted by atomic mass is 16.5. The number of carbonyl (C=O) groups excluding carboxylic acids is 1. The van der Waals surface area contributed by atoms with E-state index in [9.17, 15) is 4.79 Å². The number of likely N-dealkylation sites (tertiary alicyclic amines) is 1. The molecule has 0 atom stereocenters. The van der Waals surface area contributed by atoms with Crippen LogP contribution in [-0.4, -0.2) is 41.5 Å². The van der Waals surface area contributed by atoms with Crippen LogP contribution in [0.25, 0.3) is 5.70 Å². The summed E-state index contributed by atoms with van der Waals surface area (Å²) in [5.41, 5.74) is 3.31. The first kappa shape index (κ1) is 14.8. The second-order valence-electron chi connectivity index (χ2n) is 6.14. The van der Waals surface area contributed by atoms with E-state index < -0.39 is 0 Å². The van der Waals surface area contributed by atoms with Crippen molar-refractivity contribution in [1.29, 1.82) is 0 Å². The van der Waals surface area contributed by atoms with Crippen LogP contribution < -0.4 is 0 Å². The van der Waals surface area contributed by atoms with Gasteiger partial charge in [0.05, 0.1) is 16.9 Å². The Labute approximate surface area is 131 Å². The van der Waals surface area contributed by atoms with Gasteiger partial charge >= 0.3 is 0 Å². The molecule has 4 heteroatoms. The lowest BCUT2D eigenvalue weighted by Gasteiger charge is -2.41. The number of terminal acetylenes is 1. The van der Waals surface area contributed by atoms with Crippen LogP contribution in [0.1, 0.15) is 30.9 Å². The molecule has 4 nitrogen and oxygen atoms in total. The van der Waals surface area contributed by atoms with E-state index >= 15 is 0 Å². The Morgan fingerprint density at radius 2 is 2.14 bits per heavy atom. The number of Topliss-reactive ketones (excluding diaryl/α,β-unsaturated/α-hetero) is 1. The van der Waals surface area contributed by atoms with E-state index in [1.165, 1.54) is 0 Å². The van der Waals surface area contributed by atoms with Gasteiger partial charge in [-0.15, -0.1) is 6.42 Å². The number of hydrogen-bond acceptors (Lipinski definition) is 4. The first-order valence-corrected chi connectivity index (χ1v) is 7.55. The van der Waals surface area contributed by atoms with Crippen molar-refractivity contribution in [3.8, 4) is 12.3 Å². The van der Waals surface area contributed by atoms with E-state index in [0.29, 0.717) is 12.0 Å². The van der Waals surface area contributed by atoms with Crippen LogP contribution >= 0.6 is 0 Å². The molecule has 0 N–H and O–H groups in total. The SMILES string of the molecule is C#CC1=C(N2CCC(C)(OC)CC2)c2ccncc2CC1=O. The van der Waals surface area contributed by atoms with Crippen LogP contribution in [0, 0.1) is 12.3 Å². The molecule has 0 aromatic carbocycles. The molecule has 0 saturated carbocycles. The Bertz CT molecular complexity index is 677. The summed E-state index contributed by atoms with van der Waals surface area (Å²) in [6, 6.07) is 1.96. The number of allylic oxidation sites excluding steroid dienone is 1. The zero-order valence-electron chi connectivity index (χ0n) is 13.1. The third-order valence-electron chi connectivity index (χ3n) is 4.80. The minimum atomic E-state index is -0.0902. The van der Waals surface area contributed by atoms with Crippen molar-refractivity contribution in [3.05, 3.63) is 35.2 Å². The third-order valence-corrected chi connectivity index (χ3v) is 4.80. The monoisotopic (exact) mass is 296 g/mol. The number of methoxy groups -OCH3 is 1. The molecule has 2 heterocycles. The second-order valence-corrected chi connectivity index (χ2v) is 6.14. The summed E-state index contributed by atoms with van der Waals surface area (Å²) in [5, 5.41) is 0. The molecule has 0 amide bonds. The van der Waals surface area contributed by atoms with E-state index in [1.54, 1.807) is 19.5 Å². The first-order chi connectivity index (χ1) is 10.6. The van der Waals surface area contributed by atoms with Crippen molar-refractivity contribution in [2.75, 3.05) is 20.2 Å². The number of carbonyl (C=O) groups is 1. The molecular weight excluding hydrogens is 276 g/mol. The van der Waals surface area contributed by atoms with E-state index in [1.807, 2.05) is 6.07 Å². The quantitative estimate of drug-likeness (QED) is 0.783. The topological polar surface area (TPSA) is 42.4 Å². The molecule has 0 radical (unpaired) electrons. The highest BCUT2D eigenvalue weighted by molar-refractivity contribution is 6.10. The number of ketones is 1. The number of rotatable bonds is 2. The molecular formula is C18H20N2O2. The van der Waals surface area contributed by atoms with Gasteiger partial charge in [0.1, 0.15) is 0 Å². The lowest BCUT2D eigenvalue weighted by atomic mass is 9.86. The van der Waals surface area contributed by atoms with Crippen molar-refractivity contribution in [3.63, 3.8) is 0 Å². The highest BCUT2D eigenvalue weighted by Crippen LogP contribution is 2.35. The standard InChI is InChI=1S/C18H20N2O2/c1-4-14-16(21)11-13-12-19-8-5-15(13)17(14)20-9-6-18(2,22-3)7-10-20/h1,5,8,12H,6-7,9-11H2,2-3H3. The average molecular weight is 296 g/mol. The lowest BCUT2D eigenvalue weighted by molar-refractivity contribution is -0.114. The van der Waals surface area contributed by atoms with Crippen LogP contribution in [0.5, 0.6) is 0 Å². The van der Waals surface area contributed by atoms with Crippen LogP contribution in [0.2, 0.25) is 0 Å². The summed E-state index contributed by atoms with van der Waals surface area (Å²) in [5.74, 6) is 2.63. The van der Waals surface area contributed by atoms with Crippen molar-refractivity contribution < 1.29 is 9.53 Å². The van der Waals surface area contributed by atoms with Gasteiger partial charge in [0, 0.05) is 44.6 Å². The number of nitrogens with zero attached hydrogens (tertiary/aromatic N) is 2. The Kier molecular flexibility index (Phi) is 3.76. The van der Waals surface area contributed by atoms with Crippen molar-refractivity contribution in [1.82, 2.24) is 9.88 Å². The van der Waals surface area contributed by atoms with Gasteiger partial charge in [-0.2, -0.15) is 0 Å². The molecule has 1 saturated heterocycles. The van der Waals surface area contributed by atoms with E-state index in [0.717, 1.165) is 42.8 Å². The smallest absolute Gasteiger partial charge is 0.177 e. The number of fused-ring (bicyclic) bond motifs is 1. The van der Waals surface area contributed by atoms with Gasteiger partial charge in [0.2, 0.25) is 0 Å². The number of hydrogen-bond donors (Lipinski definition) is 0. The number of aromatic nitrogens is 1. The average Bonchev–Trinajstić information content (AvgIpc) is 2.54. The summed E-state index contributed by atoms with van der Waals surface area (Å²) in [6.07, 6.45) is 11.3. The van der Waals surface area contributed by atoms with Gasteiger partial charge in [-0.05, 0) is 31.4 Å². The fourth-order valence-electron chi connectivity index (χ4n) is 3.21. The molecule has 1 aromatic heterocycles. The Hall–Kier alpha value is -2.12. The summed E-state index contributed by atoms with van der Waals surface area (Å²) in [4.78, 5) is 18.7. The third kappa shape index (κ3) is 2.42. The predicted octanol–water partition coefficient (Wildman–Crippen LogP) is 2.05. The lowest BCUT2D eigenvalue weighted by Crippen LogP contribution is -2.43. The highest BCUT2D eigenvalue weighted by Gasteiger charge is 2.34. The first-order valence-electron chi connectivity index (χ1n) is 7.55. The fourth-order valence-corrected chi connectivity index (χ4v) is 3.21. The maximum atomic E-state index is 12.3. The second kappa shape index (κ2) is 5.58. The summed E-state index contributed by atoms with van der Waals surface area (Å²) >= 11 is 0. The molecule has 1 aromatic rings. The van der Waals surface area contributed by atoms with Crippen LogP contribution in [-0.2, 0) is 16.0 Å². The Balaban J connectivity index is 2.00. The predicted molar refractivity (Wildman–Crippen MR) is 84.9 cm³/mol. The molecule has 3 rings (SSSR count). The van der Waals surface area contributed by atoms with Gasteiger partial charge in [0.25, 0.3) is 0 Å².